The highest BCUT2D eigenvalue weighted by Gasteiger charge is 2.21. The van der Waals surface area contributed by atoms with E-state index in [0.717, 1.165) is 37.1 Å². The minimum atomic E-state index is -0.637. The van der Waals surface area contributed by atoms with Crippen molar-refractivity contribution in [3.8, 4) is 0 Å². The Morgan fingerprint density at radius 2 is 1.62 bits per heavy atom. The van der Waals surface area contributed by atoms with Crippen LogP contribution in [0, 0.1) is 11.8 Å². The van der Waals surface area contributed by atoms with Crippen molar-refractivity contribution in [1.29, 1.82) is 0 Å². The van der Waals surface area contributed by atoms with Gasteiger partial charge in [0, 0.05) is 38.1 Å². The molecular weight excluding hydrogens is 434 g/mol. The van der Waals surface area contributed by atoms with Gasteiger partial charge in [0.1, 0.15) is 5.78 Å². The first-order valence-corrected chi connectivity index (χ1v) is 12.7. The second-order valence-corrected chi connectivity index (χ2v) is 9.84. The lowest BCUT2D eigenvalue weighted by Crippen LogP contribution is -2.33. The van der Waals surface area contributed by atoms with E-state index in [1.807, 2.05) is 6.07 Å². The fourth-order valence-electron chi connectivity index (χ4n) is 5.09. The molecule has 0 amide bonds. The number of carboxylic acid groups (broad SMARTS) is 1. The molecule has 1 aliphatic heterocycles. The van der Waals surface area contributed by atoms with E-state index in [9.17, 15) is 14.4 Å². The van der Waals surface area contributed by atoms with Crippen LogP contribution in [0.4, 0.5) is 5.69 Å². The zero-order valence-corrected chi connectivity index (χ0v) is 20.4. The summed E-state index contributed by atoms with van der Waals surface area (Å²) in [6, 6.07) is 5.38. The number of ether oxygens (including phenoxy) is 2. The number of carbonyl (C=O) groups excluding carboxylic acids is 2. The van der Waals surface area contributed by atoms with E-state index < -0.39 is 5.97 Å². The summed E-state index contributed by atoms with van der Waals surface area (Å²) in [6.45, 7) is 1.50. The Balaban J connectivity index is 0.000000302. The number of anilines is 1. The van der Waals surface area contributed by atoms with E-state index in [2.05, 4.69) is 5.32 Å². The molecule has 2 N–H and O–H groups in total. The lowest BCUT2D eigenvalue weighted by Gasteiger charge is -2.27. The zero-order valence-electron chi connectivity index (χ0n) is 20.4. The molecule has 3 aliphatic rings. The number of benzene rings is 1. The molecule has 34 heavy (non-hydrogen) atoms. The molecule has 0 aromatic heterocycles. The summed E-state index contributed by atoms with van der Waals surface area (Å²) < 4.78 is 10.2. The Morgan fingerprint density at radius 3 is 2.15 bits per heavy atom. The van der Waals surface area contributed by atoms with Gasteiger partial charge in [-0.05, 0) is 48.8 Å². The minimum Gasteiger partial charge on any atom is -0.481 e. The summed E-state index contributed by atoms with van der Waals surface area (Å²) in [4.78, 5) is 34.4. The first-order valence-electron chi connectivity index (χ1n) is 12.7. The van der Waals surface area contributed by atoms with Crippen LogP contribution < -0.4 is 5.32 Å². The molecule has 1 heterocycles. The zero-order chi connectivity index (χ0) is 24.3. The third-order valence-electron chi connectivity index (χ3n) is 7.16. The van der Waals surface area contributed by atoms with Crippen LogP contribution in [0.5, 0.6) is 0 Å². The SMILES string of the molecule is COC(=O)c1ccc(CC(=O)CC2CCCC2)c(NC[C@@H]2CCO2)c1.O=C(O)CC1CCCC1. The van der Waals surface area contributed by atoms with Crippen molar-refractivity contribution in [2.24, 2.45) is 11.8 Å². The number of Topliss-reactive ketones (excluding diaryl/α,β-unsaturated/α-hetero) is 1. The highest BCUT2D eigenvalue weighted by atomic mass is 16.5. The van der Waals surface area contributed by atoms with E-state index in [1.54, 1.807) is 12.1 Å². The van der Waals surface area contributed by atoms with Crippen LogP contribution in [0.1, 0.15) is 86.6 Å². The molecule has 1 aromatic carbocycles. The van der Waals surface area contributed by atoms with Crippen molar-refractivity contribution in [2.75, 3.05) is 25.6 Å². The third kappa shape index (κ3) is 8.42. The fraction of sp³-hybridized carbons (Fsp3) is 0.667. The van der Waals surface area contributed by atoms with Crippen molar-refractivity contribution >= 4 is 23.4 Å². The highest BCUT2D eigenvalue weighted by Crippen LogP contribution is 2.29. The first kappa shape index (κ1) is 26.2. The number of hydrogen-bond acceptors (Lipinski definition) is 6. The van der Waals surface area contributed by atoms with Gasteiger partial charge in [0.15, 0.2) is 0 Å². The Labute approximate surface area is 202 Å². The normalized spacial score (nSPS) is 20.2. The maximum Gasteiger partial charge on any atom is 0.337 e. The number of esters is 1. The Morgan fingerprint density at radius 1 is 1.00 bits per heavy atom. The number of nitrogens with one attached hydrogen (secondary N) is 1. The van der Waals surface area contributed by atoms with Crippen molar-refractivity contribution in [3.63, 3.8) is 0 Å². The molecule has 1 atom stereocenters. The first-order chi connectivity index (χ1) is 16.4. The highest BCUT2D eigenvalue weighted by molar-refractivity contribution is 5.91. The Kier molecular flexibility index (Phi) is 10.4. The van der Waals surface area contributed by atoms with Gasteiger partial charge in [-0.2, -0.15) is 0 Å². The number of ketones is 1. The van der Waals surface area contributed by atoms with E-state index >= 15 is 0 Å². The van der Waals surface area contributed by atoms with Crippen LogP contribution in [0.2, 0.25) is 0 Å². The van der Waals surface area contributed by atoms with Crippen molar-refractivity contribution < 1.29 is 29.0 Å². The van der Waals surface area contributed by atoms with Crippen LogP contribution in [0.3, 0.4) is 0 Å². The molecule has 4 rings (SSSR count). The minimum absolute atomic E-state index is 0.212. The number of carboxylic acids is 1. The van der Waals surface area contributed by atoms with E-state index in [-0.39, 0.29) is 17.9 Å². The molecule has 0 radical (unpaired) electrons. The number of aliphatic carboxylic acids is 1. The van der Waals surface area contributed by atoms with Crippen LogP contribution >= 0.6 is 0 Å². The molecule has 0 unspecified atom stereocenters. The molecule has 0 spiro atoms. The van der Waals surface area contributed by atoms with Crippen LogP contribution in [-0.4, -0.2) is 49.2 Å². The maximum absolute atomic E-state index is 12.5. The molecule has 3 fully saturated rings. The van der Waals surface area contributed by atoms with Gasteiger partial charge >= 0.3 is 11.9 Å². The van der Waals surface area contributed by atoms with Crippen LogP contribution in [-0.2, 0) is 25.5 Å². The Bertz CT molecular complexity index is 822. The van der Waals surface area contributed by atoms with E-state index in [0.29, 0.717) is 43.2 Å². The Hall–Kier alpha value is -2.41. The molecule has 188 valence electrons. The lowest BCUT2D eigenvalue weighted by atomic mass is 9.96. The summed E-state index contributed by atoms with van der Waals surface area (Å²) in [7, 11) is 1.37. The molecule has 2 saturated carbocycles. The number of hydrogen-bond donors (Lipinski definition) is 2. The summed E-state index contributed by atoms with van der Waals surface area (Å²) in [6.07, 6.45) is 12.3. The summed E-state index contributed by atoms with van der Waals surface area (Å²) in [5, 5.41) is 11.7. The van der Waals surface area contributed by atoms with Crippen LogP contribution in [0.15, 0.2) is 18.2 Å². The van der Waals surface area contributed by atoms with Gasteiger partial charge in [-0.25, -0.2) is 4.79 Å². The molecule has 1 saturated heterocycles. The van der Waals surface area contributed by atoms with Crippen molar-refractivity contribution in [2.45, 2.75) is 83.2 Å². The van der Waals surface area contributed by atoms with Gasteiger partial charge in [0.05, 0.1) is 18.8 Å². The average molecular weight is 474 g/mol. The van der Waals surface area contributed by atoms with Gasteiger partial charge in [-0.3, -0.25) is 9.59 Å². The van der Waals surface area contributed by atoms with Gasteiger partial charge in [-0.15, -0.1) is 0 Å². The molecule has 2 aliphatic carbocycles. The van der Waals surface area contributed by atoms with Gasteiger partial charge in [0.25, 0.3) is 0 Å². The van der Waals surface area contributed by atoms with E-state index in [4.69, 9.17) is 14.6 Å². The lowest BCUT2D eigenvalue weighted by molar-refractivity contribution is -0.138. The predicted octanol–water partition coefficient (Wildman–Crippen LogP) is 5.02. The number of methoxy groups -OCH3 is 1. The number of carbonyl (C=O) groups is 3. The summed E-state index contributed by atoms with van der Waals surface area (Å²) in [5.74, 6) is 0.318. The van der Waals surface area contributed by atoms with E-state index in [1.165, 1.54) is 45.6 Å². The summed E-state index contributed by atoms with van der Waals surface area (Å²) in [5.41, 5.74) is 2.26. The van der Waals surface area contributed by atoms with Gasteiger partial charge < -0.3 is 19.9 Å². The fourth-order valence-corrected chi connectivity index (χ4v) is 5.09. The molecule has 7 heteroatoms. The largest absolute Gasteiger partial charge is 0.481 e. The quantitative estimate of drug-likeness (QED) is 0.460. The van der Waals surface area contributed by atoms with Gasteiger partial charge in [0.2, 0.25) is 0 Å². The molecule has 7 nitrogen and oxygen atoms in total. The number of rotatable bonds is 10. The van der Waals surface area contributed by atoms with Crippen molar-refractivity contribution in [3.05, 3.63) is 29.3 Å². The summed E-state index contributed by atoms with van der Waals surface area (Å²) >= 11 is 0. The second-order valence-electron chi connectivity index (χ2n) is 9.84. The average Bonchev–Trinajstić information content (AvgIpc) is 3.47. The molecular formula is C27H39NO6. The molecule has 0 bridgehead atoms. The topological polar surface area (TPSA) is 102 Å². The predicted molar refractivity (Wildman–Crippen MR) is 130 cm³/mol. The van der Waals surface area contributed by atoms with Crippen molar-refractivity contribution in [1.82, 2.24) is 0 Å². The molecule has 1 aromatic rings. The van der Waals surface area contributed by atoms with Crippen LogP contribution in [0.25, 0.3) is 0 Å². The standard InChI is InChI=1S/C20H27NO4.C7H12O2/c1-24-20(23)16-7-6-15(11-17(22)10-14-4-2-3-5-14)19(12-16)21-13-18-8-9-25-18;8-7(9)5-6-3-1-2-4-6/h6-7,12,14,18,21H,2-5,8-11,13H2,1H3;6H,1-5H2,(H,8,9)/t18-;/m0./s1. The smallest absolute Gasteiger partial charge is 0.337 e. The maximum atomic E-state index is 12.5. The monoisotopic (exact) mass is 473 g/mol. The second kappa shape index (κ2) is 13.5. The van der Waals surface area contributed by atoms with Gasteiger partial charge in [-0.1, -0.05) is 44.6 Å². The third-order valence-corrected chi connectivity index (χ3v) is 7.16.